The zero-order chi connectivity index (χ0) is 14.8. The summed E-state index contributed by atoms with van der Waals surface area (Å²) in [4.78, 5) is 15.0. The number of amides is 1. The van der Waals surface area contributed by atoms with Gasteiger partial charge in [0.05, 0.1) is 5.41 Å². The minimum Gasteiger partial charge on any atom is -0.340 e. The smallest absolute Gasteiger partial charge is 0.232 e. The van der Waals surface area contributed by atoms with Gasteiger partial charge in [0.2, 0.25) is 5.91 Å². The van der Waals surface area contributed by atoms with E-state index in [4.69, 9.17) is 0 Å². The second-order valence-electron chi connectivity index (χ2n) is 6.32. The zero-order valence-electron chi connectivity index (χ0n) is 13.1. The van der Waals surface area contributed by atoms with Crippen LogP contribution in [0, 0.1) is 6.92 Å². The highest BCUT2D eigenvalue weighted by Crippen LogP contribution is 2.29. The lowest BCUT2D eigenvalue weighted by Crippen LogP contribution is -2.52. The molecule has 3 nitrogen and oxygen atoms in total. The van der Waals surface area contributed by atoms with Crippen LogP contribution in [0.25, 0.3) is 0 Å². The standard InChI is InChI=1S/C17H26N2O/c1-13-8-5-6-10-15(13)17(2,3)16(20)19-11-7-9-14(12-19)18-4/h5-6,8,10,14,18H,7,9,11-12H2,1-4H3/t14-/m1/s1. The Labute approximate surface area is 122 Å². The van der Waals surface area contributed by atoms with Gasteiger partial charge in [-0.05, 0) is 51.8 Å². The number of hydrogen-bond acceptors (Lipinski definition) is 2. The fourth-order valence-corrected chi connectivity index (χ4v) is 3.18. The van der Waals surface area contributed by atoms with Crippen molar-refractivity contribution in [2.24, 2.45) is 0 Å². The molecule has 1 saturated heterocycles. The lowest BCUT2D eigenvalue weighted by Gasteiger charge is -2.38. The van der Waals surface area contributed by atoms with E-state index in [2.05, 4.69) is 24.4 Å². The van der Waals surface area contributed by atoms with Crippen molar-refractivity contribution in [1.82, 2.24) is 10.2 Å². The van der Waals surface area contributed by atoms with E-state index in [0.717, 1.165) is 31.5 Å². The Kier molecular flexibility index (Phi) is 4.48. The van der Waals surface area contributed by atoms with Gasteiger partial charge in [-0.3, -0.25) is 4.79 Å². The molecule has 110 valence electrons. The Morgan fingerprint density at radius 1 is 1.35 bits per heavy atom. The predicted octanol–water partition coefficient (Wildman–Crippen LogP) is 2.48. The Morgan fingerprint density at radius 3 is 2.70 bits per heavy atom. The van der Waals surface area contributed by atoms with Gasteiger partial charge in [0.15, 0.2) is 0 Å². The zero-order valence-corrected chi connectivity index (χ0v) is 13.1. The Balaban J connectivity index is 2.21. The molecule has 3 heteroatoms. The largest absolute Gasteiger partial charge is 0.340 e. The number of likely N-dealkylation sites (tertiary alicyclic amines) is 1. The summed E-state index contributed by atoms with van der Waals surface area (Å²) in [6.45, 7) is 7.87. The summed E-state index contributed by atoms with van der Waals surface area (Å²) in [7, 11) is 1.98. The third-order valence-corrected chi connectivity index (χ3v) is 4.47. The number of piperidine rings is 1. The quantitative estimate of drug-likeness (QED) is 0.918. The molecule has 1 N–H and O–H groups in total. The van der Waals surface area contributed by atoms with Crippen LogP contribution in [0.3, 0.4) is 0 Å². The lowest BCUT2D eigenvalue weighted by atomic mass is 9.80. The molecule has 1 aromatic carbocycles. The van der Waals surface area contributed by atoms with E-state index in [-0.39, 0.29) is 5.91 Å². The molecule has 0 radical (unpaired) electrons. The number of carbonyl (C=O) groups excluding carboxylic acids is 1. The van der Waals surface area contributed by atoms with Crippen LogP contribution in [0.15, 0.2) is 24.3 Å². The van der Waals surface area contributed by atoms with Crippen LogP contribution in [0.4, 0.5) is 0 Å². The third-order valence-electron chi connectivity index (χ3n) is 4.47. The monoisotopic (exact) mass is 274 g/mol. The summed E-state index contributed by atoms with van der Waals surface area (Å²) >= 11 is 0. The maximum absolute atomic E-state index is 12.9. The normalized spacial score (nSPS) is 20.0. The van der Waals surface area contributed by atoms with Crippen LogP contribution in [-0.4, -0.2) is 37.0 Å². The van der Waals surface area contributed by atoms with E-state index >= 15 is 0 Å². The van der Waals surface area contributed by atoms with Gasteiger partial charge in [0.1, 0.15) is 0 Å². The van der Waals surface area contributed by atoms with E-state index in [1.807, 2.05) is 37.9 Å². The van der Waals surface area contributed by atoms with Crippen molar-refractivity contribution in [2.75, 3.05) is 20.1 Å². The van der Waals surface area contributed by atoms with E-state index in [1.54, 1.807) is 0 Å². The van der Waals surface area contributed by atoms with Gasteiger partial charge in [-0.15, -0.1) is 0 Å². The molecule has 0 spiro atoms. The van der Waals surface area contributed by atoms with E-state index in [0.29, 0.717) is 6.04 Å². The molecule has 1 heterocycles. The van der Waals surface area contributed by atoms with Crippen molar-refractivity contribution in [3.8, 4) is 0 Å². The third kappa shape index (κ3) is 2.88. The second kappa shape index (κ2) is 5.96. The van der Waals surface area contributed by atoms with Crippen molar-refractivity contribution >= 4 is 5.91 Å². The van der Waals surface area contributed by atoms with Gasteiger partial charge in [0, 0.05) is 19.1 Å². The number of hydrogen-bond donors (Lipinski definition) is 1. The van der Waals surface area contributed by atoms with Gasteiger partial charge in [-0.2, -0.15) is 0 Å². The van der Waals surface area contributed by atoms with E-state index in [9.17, 15) is 4.79 Å². The molecular formula is C17H26N2O. The summed E-state index contributed by atoms with van der Waals surface area (Å²) in [6.07, 6.45) is 2.24. The molecule has 0 bridgehead atoms. The van der Waals surface area contributed by atoms with Crippen molar-refractivity contribution in [3.63, 3.8) is 0 Å². The van der Waals surface area contributed by atoms with Crippen LogP contribution >= 0.6 is 0 Å². The highest BCUT2D eigenvalue weighted by atomic mass is 16.2. The first-order chi connectivity index (χ1) is 9.46. The molecular weight excluding hydrogens is 248 g/mol. The number of nitrogens with one attached hydrogen (secondary N) is 1. The average molecular weight is 274 g/mol. The topological polar surface area (TPSA) is 32.3 Å². The summed E-state index contributed by atoms with van der Waals surface area (Å²) in [5.41, 5.74) is 1.87. The molecule has 0 saturated carbocycles. The van der Waals surface area contributed by atoms with Crippen molar-refractivity contribution in [3.05, 3.63) is 35.4 Å². The number of nitrogens with zero attached hydrogens (tertiary/aromatic N) is 1. The Bertz CT molecular complexity index is 482. The summed E-state index contributed by atoms with van der Waals surface area (Å²) in [5, 5.41) is 3.30. The summed E-state index contributed by atoms with van der Waals surface area (Å²) < 4.78 is 0. The van der Waals surface area contributed by atoms with Crippen LogP contribution in [0.5, 0.6) is 0 Å². The average Bonchev–Trinajstić information content (AvgIpc) is 2.46. The molecule has 1 atom stereocenters. The molecule has 0 aliphatic carbocycles. The summed E-state index contributed by atoms with van der Waals surface area (Å²) in [5.74, 6) is 0.242. The number of carbonyl (C=O) groups is 1. The molecule has 1 aliphatic heterocycles. The molecule has 1 aromatic rings. The minimum atomic E-state index is -0.457. The van der Waals surface area contributed by atoms with Crippen LogP contribution in [-0.2, 0) is 10.2 Å². The van der Waals surface area contributed by atoms with Crippen molar-refractivity contribution in [1.29, 1.82) is 0 Å². The number of likely N-dealkylation sites (N-methyl/N-ethyl adjacent to an activating group) is 1. The number of benzene rings is 1. The Hall–Kier alpha value is -1.35. The molecule has 20 heavy (non-hydrogen) atoms. The fraction of sp³-hybridized carbons (Fsp3) is 0.588. The molecule has 1 fully saturated rings. The highest BCUT2D eigenvalue weighted by Gasteiger charge is 2.36. The van der Waals surface area contributed by atoms with E-state index in [1.165, 1.54) is 5.56 Å². The van der Waals surface area contributed by atoms with Crippen molar-refractivity contribution in [2.45, 2.75) is 45.1 Å². The SMILES string of the molecule is CN[C@@H]1CCCN(C(=O)C(C)(C)c2ccccc2C)C1. The molecule has 1 aliphatic rings. The van der Waals surface area contributed by atoms with Crippen molar-refractivity contribution < 1.29 is 4.79 Å². The number of rotatable bonds is 3. The maximum atomic E-state index is 12.9. The van der Waals surface area contributed by atoms with Crippen LogP contribution in [0.2, 0.25) is 0 Å². The minimum absolute atomic E-state index is 0.242. The Morgan fingerprint density at radius 2 is 2.05 bits per heavy atom. The molecule has 0 unspecified atom stereocenters. The molecule has 1 amide bonds. The second-order valence-corrected chi connectivity index (χ2v) is 6.32. The molecule has 2 rings (SSSR count). The van der Waals surface area contributed by atoms with Gasteiger partial charge < -0.3 is 10.2 Å². The summed E-state index contributed by atoms with van der Waals surface area (Å²) in [6, 6.07) is 8.63. The number of aryl methyl sites for hydroxylation is 1. The maximum Gasteiger partial charge on any atom is 0.232 e. The first kappa shape index (κ1) is 15.0. The first-order valence-corrected chi connectivity index (χ1v) is 7.49. The fourth-order valence-electron chi connectivity index (χ4n) is 3.18. The van der Waals surface area contributed by atoms with E-state index < -0.39 is 5.41 Å². The predicted molar refractivity (Wildman–Crippen MR) is 82.9 cm³/mol. The van der Waals surface area contributed by atoms with Gasteiger partial charge in [-0.1, -0.05) is 24.3 Å². The highest BCUT2D eigenvalue weighted by molar-refractivity contribution is 5.88. The van der Waals surface area contributed by atoms with Gasteiger partial charge in [-0.25, -0.2) is 0 Å². The van der Waals surface area contributed by atoms with Gasteiger partial charge in [0.25, 0.3) is 0 Å². The molecule has 0 aromatic heterocycles. The van der Waals surface area contributed by atoms with Gasteiger partial charge >= 0.3 is 0 Å². The lowest BCUT2D eigenvalue weighted by molar-refractivity contribution is -0.137. The van der Waals surface area contributed by atoms with Crippen LogP contribution < -0.4 is 5.32 Å². The first-order valence-electron chi connectivity index (χ1n) is 7.49. The van der Waals surface area contributed by atoms with Crippen LogP contribution in [0.1, 0.15) is 37.8 Å².